The van der Waals surface area contributed by atoms with E-state index in [2.05, 4.69) is 10.2 Å². The van der Waals surface area contributed by atoms with Crippen LogP contribution in [0.15, 0.2) is 12.1 Å². The number of carbonyl (C=O) groups excluding carboxylic acids is 1. The molecule has 1 aliphatic heterocycles. The van der Waals surface area contributed by atoms with Crippen molar-refractivity contribution in [2.45, 2.75) is 12.3 Å². The topological polar surface area (TPSA) is 46.1 Å². The maximum absolute atomic E-state index is 11.6. The van der Waals surface area contributed by atoms with Crippen LogP contribution in [0.1, 0.15) is 18.0 Å². The summed E-state index contributed by atoms with van der Waals surface area (Å²) in [4.78, 5) is 13.3. The van der Waals surface area contributed by atoms with Crippen molar-refractivity contribution in [1.82, 2.24) is 15.1 Å². The highest BCUT2D eigenvalue weighted by Crippen LogP contribution is 2.25. The summed E-state index contributed by atoms with van der Waals surface area (Å²) in [6.07, 6.45) is 0.811. The van der Waals surface area contributed by atoms with Gasteiger partial charge in [0.05, 0.1) is 11.6 Å². The van der Waals surface area contributed by atoms with Gasteiger partial charge in [-0.25, -0.2) is 0 Å². The molecule has 1 fully saturated rings. The largest absolute Gasteiger partial charge is 0.345 e. The van der Waals surface area contributed by atoms with Gasteiger partial charge in [-0.2, -0.15) is 5.10 Å². The number of halogens is 1. The standard InChI is InChI=1S/C9H10ClN3O/c1-13-5-4-6(9(13)14)7-2-3-8(10)12-11-7/h2-3,6H,4-5H2,1H3. The number of rotatable bonds is 1. The second-order valence-corrected chi connectivity index (χ2v) is 3.77. The van der Waals surface area contributed by atoms with Crippen LogP contribution in [0.25, 0.3) is 0 Å². The molecule has 1 atom stereocenters. The van der Waals surface area contributed by atoms with E-state index in [-0.39, 0.29) is 11.8 Å². The molecule has 14 heavy (non-hydrogen) atoms. The Morgan fingerprint density at radius 1 is 1.50 bits per heavy atom. The summed E-state index contributed by atoms with van der Waals surface area (Å²) in [5.41, 5.74) is 0.712. The number of nitrogens with zero attached hydrogens (tertiary/aromatic N) is 3. The van der Waals surface area contributed by atoms with Gasteiger partial charge in [-0.3, -0.25) is 4.79 Å². The molecule has 0 aromatic carbocycles. The van der Waals surface area contributed by atoms with E-state index in [0.29, 0.717) is 10.8 Å². The van der Waals surface area contributed by atoms with Crippen molar-refractivity contribution in [2.75, 3.05) is 13.6 Å². The van der Waals surface area contributed by atoms with Gasteiger partial charge >= 0.3 is 0 Å². The zero-order valence-corrected chi connectivity index (χ0v) is 8.53. The number of carbonyl (C=O) groups is 1. The molecular weight excluding hydrogens is 202 g/mol. The Kier molecular flexibility index (Phi) is 2.37. The second kappa shape index (κ2) is 3.53. The van der Waals surface area contributed by atoms with Crippen molar-refractivity contribution in [1.29, 1.82) is 0 Å². The molecule has 1 saturated heterocycles. The molecule has 1 aromatic rings. The summed E-state index contributed by atoms with van der Waals surface area (Å²) in [7, 11) is 1.80. The zero-order valence-electron chi connectivity index (χ0n) is 7.77. The SMILES string of the molecule is CN1CCC(c2ccc(Cl)nn2)C1=O. The number of hydrogen-bond acceptors (Lipinski definition) is 3. The maximum Gasteiger partial charge on any atom is 0.231 e. The van der Waals surface area contributed by atoms with Gasteiger partial charge in [0.2, 0.25) is 5.91 Å². The van der Waals surface area contributed by atoms with E-state index < -0.39 is 0 Å². The normalized spacial score (nSPS) is 21.7. The van der Waals surface area contributed by atoms with Crippen molar-refractivity contribution in [3.05, 3.63) is 23.0 Å². The average Bonchev–Trinajstić information content (AvgIpc) is 2.50. The Balaban J connectivity index is 2.24. The summed E-state index contributed by atoms with van der Waals surface area (Å²) in [6.45, 7) is 0.786. The van der Waals surface area contributed by atoms with E-state index in [4.69, 9.17) is 11.6 Å². The average molecular weight is 212 g/mol. The Labute approximate surface area is 86.9 Å². The molecule has 0 bridgehead atoms. The molecule has 1 unspecified atom stereocenters. The van der Waals surface area contributed by atoms with Gasteiger partial charge in [0, 0.05) is 13.6 Å². The number of likely N-dealkylation sites (tertiary alicyclic amines) is 1. The zero-order chi connectivity index (χ0) is 10.1. The lowest BCUT2D eigenvalue weighted by Gasteiger charge is -2.08. The minimum absolute atomic E-state index is 0.113. The molecule has 74 valence electrons. The summed E-state index contributed by atoms with van der Waals surface area (Å²) < 4.78 is 0. The molecule has 1 aromatic heterocycles. The molecular formula is C9H10ClN3O. The van der Waals surface area contributed by atoms with Crippen LogP contribution in [-0.4, -0.2) is 34.6 Å². The molecule has 4 nitrogen and oxygen atoms in total. The monoisotopic (exact) mass is 211 g/mol. The summed E-state index contributed by atoms with van der Waals surface area (Å²) >= 11 is 5.61. The van der Waals surface area contributed by atoms with Gasteiger partial charge in [0.25, 0.3) is 0 Å². The predicted molar refractivity (Wildman–Crippen MR) is 52.0 cm³/mol. The summed E-state index contributed by atoms with van der Waals surface area (Å²) in [6, 6.07) is 3.42. The third-order valence-electron chi connectivity index (χ3n) is 2.44. The summed E-state index contributed by atoms with van der Waals surface area (Å²) in [5, 5.41) is 8.00. The molecule has 0 aliphatic carbocycles. The van der Waals surface area contributed by atoms with E-state index in [1.807, 2.05) is 0 Å². The van der Waals surface area contributed by atoms with E-state index >= 15 is 0 Å². The fourth-order valence-corrected chi connectivity index (χ4v) is 1.71. The maximum atomic E-state index is 11.6. The van der Waals surface area contributed by atoms with Crippen molar-refractivity contribution in [3.63, 3.8) is 0 Å². The molecule has 0 spiro atoms. The molecule has 5 heteroatoms. The smallest absolute Gasteiger partial charge is 0.231 e. The number of amides is 1. The third kappa shape index (κ3) is 1.57. The van der Waals surface area contributed by atoms with Crippen molar-refractivity contribution in [2.24, 2.45) is 0 Å². The van der Waals surface area contributed by atoms with Crippen LogP contribution in [0.2, 0.25) is 5.15 Å². The molecule has 1 amide bonds. The van der Waals surface area contributed by atoms with Crippen molar-refractivity contribution < 1.29 is 4.79 Å². The molecule has 0 saturated carbocycles. The minimum atomic E-state index is -0.134. The Hall–Kier alpha value is -1.16. The second-order valence-electron chi connectivity index (χ2n) is 3.38. The van der Waals surface area contributed by atoms with Gasteiger partial charge < -0.3 is 4.90 Å². The highest BCUT2D eigenvalue weighted by atomic mass is 35.5. The van der Waals surface area contributed by atoms with Gasteiger partial charge in [-0.15, -0.1) is 5.10 Å². The lowest BCUT2D eigenvalue weighted by atomic mass is 10.0. The third-order valence-corrected chi connectivity index (χ3v) is 2.64. The highest BCUT2D eigenvalue weighted by Gasteiger charge is 2.31. The Morgan fingerprint density at radius 3 is 2.79 bits per heavy atom. The van der Waals surface area contributed by atoms with Gasteiger partial charge in [0.15, 0.2) is 5.15 Å². The van der Waals surface area contributed by atoms with E-state index in [1.54, 1.807) is 24.1 Å². The van der Waals surface area contributed by atoms with Crippen molar-refractivity contribution in [3.8, 4) is 0 Å². The van der Waals surface area contributed by atoms with Crippen LogP contribution in [0.3, 0.4) is 0 Å². The number of aromatic nitrogens is 2. The van der Waals surface area contributed by atoms with E-state index in [9.17, 15) is 4.79 Å². The van der Waals surface area contributed by atoms with E-state index in [1.165, 1.54) is 0 Å². The van der Waals surface area contributed by atoms with Gasteiger partial charge in [-0.1, -0.05) is 11.6 Å². The quantitative estimate of drug-likeness (QED) is 0.698. The van der Waals surface area contributed by atoms with Crippen LogP contribution in [0, 0.1) is 0 Å². The molecule has 0 radical (unpaired) electrons. The molecule has 0 N–H and O–H groups in total. The first-order chi connectivity index (χ1) is 6.68. The lowest BCUT2D eigenvalue weighted by Crippen LogP contribution is -2.22. The first kappa shape index (κ1) is 9.40. The highest BCUT2D eigenvalue weighted by molar-refractivity contribution is 6.29. The van der Waals surface area contributed by atoms with Crippen LogP contribution in [0.5, 0.6) is 0 Å². The van der Waals surface area contributed by atoms with Gasteiger partial charge in [-0.05, 0) is 18.6 Å². The lowest BCUT2D eigenvalue weighted by molar-refractivity contribution is -0.127. The number of hydrogen-bond donors (Lipinski definition) is 0. The van der Waals surface area contributed by atoms with Crippen LogP contribution >= 0.6 is 11.6 Å². The fourth-order valence-electron chi connectivity index (χ4n) is 1.61. The fraction of sp³-hybridized carbons (Fsp3) is 0.444. The molecule has 1 aliphatic rings. The first-order valence-corrected chi connectivity index (χ1v) is 4.80. The Bertz CT molecular complexity index is 352. The predicted octanol–water partition coefficient (Wildman–Crippen LogP) is 1.08. The number of likely N-dealkylation sites (N-methyl/N-ethyl adjacent to an activating group) is 1. The molecule has 2 heterocycles. The summed E-state index contributed by atoms with van der Waals surface area (Å²) in [5.74, 6) is -0.0219. The van der Waals surface area contributed by atoms with Crippen LogP contribution < -0.4 is 0 Å². The minimum Gasteiger partial charge on any atom is -0.345 e. The van der Waals surface area contributed by atoms with Crippen molar-refractivity contribution >= 4 is 17.5 Å². The van der Waals surface area contributed by atoms with Crippen LogP contribution in [0.4, 0.5) is 0 Å². The Morgan fingerprint density at radius 2 is 2.29 bits per heavy atom. The molecule has 2 rings (SSSR count). The first-order valence-electron chi connectivity index (χ1n) is 4.42. The van der Waals surface area contributed by atoms with Gasteiger partial charge in [0.1, 0.15) is 0 Å². The van der Waals surface area contributed by atoms with Crippen LogP contribution in [-0.2, 0) is 4.79 Å². The van der Waals surface area contributed by atoms with E-state index in [0.717, 1.165) is 13.0 Å².